The maximum absolute atomic E-state index is 12.5. The van der Waals surface area contributed by atoms with Gasteiger partial charge in [0.1, 0.15) is 0 Å². The van der Waals surface area contributed by atoms with Crippen LogP contribution in [0, 0.1) is 5.92 Å². The quantitative estimate of drug-likeness (QED) is 0.579. The number of anilines is 1. The number of hydrazine groups is 1. The molecule has 1 aromatic heterocycles. The number of carbonyl (C=O) groups is 1. The van der Waals surface area contributed by atoms with Gasteiger partial charge in [-0.3, -0.25) is 10.6 Å². The molecule has 1 heterocycles. The van der Waals surface area contributed by atoms with Gasteiger partial charge in [0.25, 0.3) is 5.91 Å². The molecule has 0 saturated carbocycles. The molecule has 1 unspecified atom stereocenters. The largest absolute Gasteiger partial charge is 0.344 e. The number of nitrogens with two attached hydrogens (primary N) is 1. The normalized spacial score (nSPS) is 12.2. The molecule has 112 valence electrons. The van der Waals surface area contributed by atoms with Gasteiger partial charge in [-0.05, 0) is 35.6 Å². The first-order valence-electron chi connectivity index (χ1n) is 6.63. The Kier molecular flexibility index (Phi) is 5.22. The van der Waals surface area contributed by atoms with Crippen LogP contribution in [0.15, 0.2) is 35.7 Å². The molecule has 1 amide bonds. The fourth-order valence-corrected chi connectivity index (χ4v) is 3.20. The van der Waals surface area contributed by atoms with E-state index in [-0.39, 0.29) is 17.9 Å². The van der Waals surface area contributed by atoms with Crippen LogP contribution in [0.5, 0.6) is 0 Å². The van der Waals surface area contributed by atoms with E-state index in [1.807, 2.05) is 17.5 Å². The summed E-state index contributed by atoms with van der Waals surface area (Å²) in [5.41, 5.74) is 3.51. The predicted molar refractivity (Wildman–Crippen MR) is 88.6 cm³/mol. The molecule has 2 rings (SSSR count). The minimum atomic E-state index is -0.197. The van der Waals surface area contributed by atoms with Crippen molar-refractivity contribution >= 4 is 34.5 Å². The average molecular weight is 324 g/mol. The Balaban J connectivity index is 2.26. The predicted octanol–water partition coefficient (Wildman–Crippen LogP) is 3.81. The van der Waals surface area contributed by atoms with Crippen LogP contribution in [0.2, 0.25) is 5.02 Å². The highest BCUT2D eigenvalue weighted by molar-refractivity contribution is 7.10. The van der Waals surface area contributed by atoms with Crippen LogP contribution in [0.4, 0.5) is 5.69 Å². The fourth-order valence-electron chi connectivity index (χ4n) is 2.08. The Morgan fingerprint density at radius 2 is 2.10 bits per heavy atom. The lowest BCUT2D eigenvalue weighted by Crippen LogP contribution is -2.32. The molecule has 2 aromatic rings. The molecule has 1 atom stereocenters. The van der Waals surface area contributed by atoms with Gasteiger partial charge in [0.05, 0.1) is 17.3 Å². The van der Waals surface area contributed by atoms with Gasteiger partial charge in [-0.25, -0.2) is 0 Å². The number of hydrogen-bond acceptors (Lipinski definition) is 4. The van der Waals surface area contributed by atoms with Crippen molar-refractivity contribution in [2.75, 3.05) is 5.43 Å². The molecule has 4 N–H and O–H groups in total. The second-order valence-corrected chi connectivity index (χ2v) is 6.46. The van der Waals surface area contributed by atoms with Crippen molar-refractivity contribution in [2.45, 2.75) is 19.9 Å². The Bertz CT molecular complexity index is 613. The van der Waals surface area contributed by atoms with E-state index in [0.717, 1.165) is 4.88 Å². The highest BCUT2D eigenvalue weighted by Gasteiger charge is 2.21. The molecule has 0 aliphatic carbocycles. The van der Waals surface area contributed by atoms with Crippen molar-refractivity contribution in [1.82, 2.24) is 5.32 Å². The van der Waals surface area contributed by atoms with Gasteiger partial charge in [-0.2, -0.15) is 0 Å². The fraction of sp³-hybridized carbons (Fsp3) is 0.267. The van der Waals surface area contributed by atoms with E-state index in [4.69, 9.17) is 17.4 Å². The lowest BCUT2D eigenvalue weighted by molar-refractivity contribution is 0.0927. The van der Waals surface area contributed by atoms with Crippen molar-refractivity contribution in [3.8, 4) is 0 Å². The molecule has 1 aromatic carbocycles. The van der Waals surface area contributed by atoms with Gasteiger partial charge in [-0.15, -0.1) is 11.3 Å². The van der Waals surface area contributed by atoms with E-state index in [2.05, 4.69) is 24.6 Å². The van der Waals surface area contributed by atoms with Gasteiger partial charge in [0.2, 0.25) is 0 Å². The number of thiophene rings is 1. The first kappa shape index (κ1) is 15.8. The van der Waals surface area contributed by atoms with Crippen molar-refractivity contribution < 1.29 is 4.79 Å². The summed E-state index contributed by atoms with van der Waals surface area (Å²) in [5.74, 6) is 5.53. The first-order chi connectivity index (χ1) is 10.0. The molecular formula is C15H18ClN3OS. The maximum atomic E-state index is 12.5. The number of amides is 1. The van der Waals surface area contributed by atoms with Crippen LogP contribution in [0.25, 0.3) is 0 Å². The average Bonchev–Trinajstić information content (AvgIpc) is 2.97. The lowest BCUT2D eigenvalue weighted by atomic mass is 10.0. The van der Waals surface area contributed by atoms with Crippen LogP contribution in [0.3, 0.4) is 0 Å². The molecule has 0 fully saturated rings. The number of halogens is 1. The Morgan fingerprint density at radius 1 is 1.33 bits per heavy atom. The zero-order chi connectivity index (χ0) is 15.4. The van der Waals surface area contributed by atoms with E-state index < -0.39 is 0 Å². The topological polar surface area (TPSA) is 67.2 Å². The van der Waals surface area contributed by atoms with Crippen LogP contribution in [-0.2, 0) is 0 Å². The molecule has 0 saturated heterocycles. The van der Waals surface area contributed by atoms with E-state index in [0.29, 0.717) is 16.3 Å². The summed E-state index contributed by atoms with van der Waals surface area (Å²) in [6, 6.07) is 8.95. The van der Waals surface area contributed by atoms with E-state index in [9.17, 15) is 4.79 Å². The molecule has 0 spiro atoms. The summed E-state index contributed by atoms with van der Waals surface area (Å²) in [7, 11) is 0. The number of nitrogen functional groups attached to an aromatic ring is 1. The van der Waals surface area contributed by atoms with Crippen LogP contribution in [0.1, 0.15) is 35.1 Å². The van der Waals surface area contributed by atoms with Crippen molar-refractivity contribution in [3.05, 3.63) is 51.2 Å². The summed E-state index contributed by atoms with van der Waals surface area (Å²) in [4.78, 5) is 13.7. The first-order valence-corrected chi connectivity index (χ1v) is 7.89. The van der Waals surface area contributed by atoms with Crippen LogP contribution in [-0.4, -0.2) is 5.91 Å². The Morgan fingerprint density at radius 3 is 2.67 bits per heavy atom. The standard InChI is InChI=1S/C15H18ClN3OS/c1-9(2)14(13-4-3-7-21-13)18-15(20)11-8-10(16)5-6-12(11)19-17/h3-9,14,19H,17H2,1-2H3,(H,18,20). The van der Waals surface area contributed by atoms with E-state index >= 15 is 0 Å². The lowest BCUT2D eigenvalue weighted by Gasteiger charge is -2.22. The highest BCUT2D eigenvalue weighted by Crippen LogP contribution is 2.27. The Hall–Kier alpha value is -1.56. The van der Waals surface area contributed by atoms with Crippen molar-refractivity contribution in [2.24, 2.45) is 11.8 Å². The van der Waals surface area contributed by atoms with E-state index in [1.165, 1.54) is 0 Å². The van der Waals surface area contributed by atoms with Gasteiger partial charge in [-0.1, -0.05) is 31.5 Å². The smallest absolute Gasteiger partial charge is 0.254 e. The second-order valence-electron chi connectivity index (χ2n) is 5.04. The zero-order valence-electron chi connectivity index (χ0n) is 11.9. The van der Waals surface area contributed by atoms with Crippen LogP contribution < -0.4 is 16.6 Å². The number of carbonyl (C=O) groups excluding carboxylic acids is 1. The monoisotopic (exact) mass is 323 g/mol. The minimum Gasteiger partial charge on any atom is -0.344 e. The summed E-state index contributed by atoms with van der Waals surface area (Å²) in [6.07, 6.45) is 0. The molecule has 21 heavy (non-hydrogen) atoms. The van der Waals surface area contributed by atoms with Gasteiger partial charge in [0, 0.05) is 9.90 Å². The minimum absolute atomic E-state index is 0.0397. The van der Waals surface area contributed by atoms with Gasteiger partial charge >= 0.3 is 0 Å². The number of benzene rings is 1. The van der Waals surface area contributed by atoms with Crippen molar-refractivity contribution in [3.63, 3.8) is 0 Å². The van der Waals surface area contributed by atoms with E-state index in [1.54, 1.807) is 29.5 Å². The second kappa shape index (κ2) is 6.93. The summed E-state index contributed by atoms with van der Waals surface area (Å²) in [5, 5.41) is 5.55. The van der Waals surface area contributed by atoms with Crippen molar-refractivity contribution in [1.29, 1.82) is 0 Å². The van der Waals surface area contributed by atoms with Gasteiger partial charge in [0.15, 0.2) is 0 Å². The summed E-state index contributed by atoms with van der Waals surface area (Å²) >= 11 is 7.60. The SMILES string of the molecule is CC(C)C(NC(=O)c1cc(Cl)ccc1NN)c1cccs1. The number of rotatable bonds is 5. The number of hydrogen-bond donors (Lipinski definition) is 3. The summed E-state index contributed by atoms with van der Waals surface area (Å²) < 4.78 is 0. The zero-order valence-corrected chi connectivity index (χ0v) is 13.5. The third kappa shape index (κ3) is 3.75. The molecule has 0 radical (unpaired) electrons. The Labute approximate surface area is 133 Å². The third-order valence-corrected chi connectivity index (χ3v) is 4.38. The van der Waals surface area contributed by atoms with Gasteiger partial charge < -0.3 is 10.7 Å². The molecule has 0 bridgehead atoms. The molecule has 0 aliphatic heterocycles. The molecule has 0 aliphatic rings. The molecular weight excluding hydrogens is 306 g/mol. The highest BCUT2D eigenvalue weighted by atomic mass is 35.5. The number of nitrogens with one attached hydrogen (secondary N) is 2. The van der Waals surface area contributed by atoms with Crippen LogP contribution >= 0.6 is 22.9 Å². The molecule has 6 heteroatoms. The summed E-state index contributed by atoms with van der Waals surface area (Å²) in [6.45, 7) is 4.15. The maximum Gasteiger partial charge on any atom is 0.254 e. The molecule has 4 nitrogen and oxygen atoms in total. The third-order valence-electron chi connectivity index (χ3n) is 3.18.